The maximum absolute atomic E-state index is 11.9. The molecule has 0 aliphatic rings. The number of hydrogen-bond acceptors (Lipinski definition) is 3. The lowest BCUT2D eigenvalue weighted by Crippen LogP contribution is -2.17. The van der Waals surface area contributed by atoms with Crippen molar-refractivity contribution in [3.05, 3.63) is 59.7 Å². The van der Waals surface area contributed by atoms with Gasteiger partial charge < -0.3 is 9.47 Å². The molecule has 0 saturated heterocycles. The van der Waals surface area contributed by atoms with Gasteiger partial charge in [-0.15, -0.1) is 0 Å². The third-order valence-corrected chi connectivity index (χ3v) is 3.86. The van der Waals surface area contributed by atoms with Gasteiger partial charge in [0.2, 0.25) is 0 Å². The summed E-state index contributed by atoms with van der Waals surface area (Å²) in [5, 5.41) is 0. The van der Waals surface area contributed by atoms with Crippen LogP contribution in [0.25, 0.3) is 0 Å². The van der Waals surface area contributed by atoms with Crippen LogP contribution in [0.1, 0.15) is 18.1 Å². The highest BCUT2D eigenvalue weighted by molar-refractivity contribution is 5.79. The minimum absolute atomic E-state index is 0.0122. The van der Waals surface area contributed by atoms with Crippen molar-refractivity contribution in [1.29, 1.82) is 0 Å². The summed E-state index contributed by atoms with van der Waals surface area (Å²) in [4.78, 5) is 11.9. The van der Waals surface area contributed by atoms with Gasteiger partial charge in [-0.05, 0) is 55.2 Å². The molecule has 0 bridgehead atoms. The monoisotopic (exact) mass is 298 g/mol. The second-order valence-electron chi connectivity index (χ2n) is 5.41. The van der Waals surface area contributed by atoms with E-state index in [-0.39, 0.29) is 11.7 Å². The van der Waals surface area contributed by atoms with Crippen LogP contribution in [0.3, 0.4) is 0 Å². The zero-order valence-electron chi connectivity index (χ0n) is 13.3. The second kappa shape index (κ2) is 7.64. The normalized spacial score (nSPS) is 10.5. The average Bonchev–Trinajstić information content (AvgIpc) is 2.55. The predicted molar refractivity (Wildman–Crippen MR) is 87.6 cm³/mol. The Morgan fingerprint density at radius 1 is 0.818 bits per heavy atom. The topological polar surface area (TPSA) is 35.5 Å². The van der Waals surface area contributed by atoms with Crippen LogP contribution < -0.4 is 9.47 Å². The van der Waals surface area contributed by atoms with Crippen molar-refractivity contribution in [2.75, 3.05) is 14.2 Å². The fraction of sp³-hybridized carbons (Fsp3) is 0.316. The first-order valence-electron chi connectivity index (χ1n) is 7.38. The zero-order valence-corrected chi connectivity index (χ0v) is 13.3. The Balaban J connectivity index is 2.06. The van der Waals surface area contributed by atoms with E-state index in [0.717, 1.165) is 35.5 Å². The minimum Gasteiger partial charge on any atom is -0.497 e. The van der Waals surface area contributed by atoms with Crippen LogP contribution in [0, 0.1) is 5.92 Å². The van der Waals surface area contributed by atoms with Crippen molar-refractivity contribution < 1.29 is 14.3 Å². The molecule has 22 heavy (non-hydrogen) atoms. The van der Waals surface area contributed by atoms with Crippen LogP contribution in [0.2, 0.25) is 0 Å². The molecule has 2 aromatic rings. The maximum Gasteiger partial charge on any atom is 0.133 e. The number of rotatable bonds is 7. The number of methoxy groups -OCH3 is 2. The van der Waals surface area contributed by atoms with E-state index in [1.54, 1.807) is 21.1 Å². The van der Waals surface area contributed by atoms with Gasteiger partial charge in [-0.25, -0.2) is 0 Å². The Labute approximate surface area is 131 Å². The van der Waals surface area contributed by atoms with Crippen LogP contribution >= 0.6 is 0 Å². The third kappa shape index (κ3) is 4.35. The van der Waals surface area contributed by atoms with Gasteiger partial charge in [0.25, 0.3) is 0 Å². The number of carbonyl (C=O) groups excluding carboxylic acids is 1. The molecular weight excluding hydrogens is 276 g/mol. The van der Waals surface area contributed by atoms with Crippen LogP contribution in [0.5, 0.6) is 11.5 Å². The summed E-state index contributed by atoms with van der Waals surface area (Å²) in [7, 11) is 3.30. The van der Waals surface area contributed by atoms with Crippen molar-refractivity contribution in [3.63, 3.8) is 0 Å². The highest BCUT2D eigenvalue weighted by Gasteiger charge is 2.16. The van der Waals surface area contributed by atoms with Gasteiger partial charge in [-0.1, -0.05) is 24.3 Å². The van der Waals surface area contributed by atoms with Crippen LogP contribution in [0.15, 0.2) is 48.5 Å². The highest BCUT2D eigenvalue weighted by atomic mass is 16.5. The van der Waals surface area contributed by atoms with E-state index >= 15 is 0 Å². The number of carbonyl (C=O) groups is 1. The van der Waals surface area contributed by atoms with E-state index in [2.05, 4.69) is 0 Å². The van der Waals surface area contributed by atoms with Gasteiger partial charge in [-0.2, -0.15) is 0 Å². The summed E-state index contributed by atoms with van der Waals surface area (Å²) in [6.45, 7) is 1.66. The van der Waals surface area contributed by atoms with Gasteiger partial charge in [-0.3, -0.25) is 4.79 Å². The average molecular weight is 298 g/mol. The smallest absolute Gasteiger partial charge is 0.133 e. The summed E-state index contributed by atoms with van der Waals surface area (Å²) in [6, 6.07) is 15.8. The fourth-order valence-electron chi connectivity index (χ4n) is 2.45. The molecule has 3 nitrogen and oxygen atoms in total. The van der Waals surface area contributed by atoms with Crippen molar-refractivity contribution in [2.24, 2.45) is 5.92 Å². The molecule has 116 valence electrons. The van der Waals surface area contributed by atoms with Crippen LogP contribution in [-0.4, -0.2) is 20.0 Å². The van der Waals surface area contributed by atoms with E-state index in [9.17, 15) is 4.79 Å². The van der Waals surface area contributed by atoms with E-state index in [4.69, 9.17) is 9.47 Å². The lowest BCUT2D eigenvalue weighted by atomic mass is 9.90. The van der Waals surface area contributed by atoms with Crippen molar-refractivity contribution in [2.45, 2.75) is 19.8 Å². The SMILES string of the molecule is COc1ccc(CC(Cc2ccc(OC)cc2)C(C)=O)cc1. The number of benzene rings is 2. The molecule has 2 aromatic carbocycles. The standard InChI is InChI=1S/C19H22O3/c1-14(20)17(12-15-4-8-18(21-2)9-5-15)13-16-6-10-19(22-3)11-7-16/h4-11,17H,12-13H2,1-3H3. The molecule has 0 heterocycles. The van der Waals surface area contributed by atoms with Crippen molar-refractivity contribution in [3.8, 4) is 11.5 Å². The third-order valence-electron chi connectivity index (χ3n) is 3.86. The summed E-state index contributed by atoms with van der Waals surface area (Å²) < 4.78 is 10.3. The first-order valence-corrected chi connectivity index (χ1v) is 7.38. The molecule has 0 atom stereocenters. The van der Waals surface area contributed by atoms with Gasteiger partial charge in [0, 0.05) is 5.92 Å². The molecule has 0 fully saturated rings. The first-order chi connectivity index (χ1) is 10.6. The summed E-state index contributed by atoms with van der Waals surface area (Å²) >= 11 is 0. The van der Waals surface area contributed by atoms with E-state index < -0.39 is 0 Å². The number of hydrogen-bond donors (Lipinski definition) is 0. The summed E-state index contributed by atoms with van der Waals surface area (Å²) in [5.74, 6) is 1.87. The van der Waals surface area contributed by atoms with Gasteiger partial charge >= 0.3 is 0 Å². The van der Waals surface area contributed by atoms with Gasteiger partial charge in [0.05, 0.1) is 14.2 Å². The lowest BCUT2D eigenvalue weighted by molar-refractivity contribution is -0.120. The van der Waals surface area contributed by atoms with Gasteiger partial charge in [0.1, 0.15) is 17.3 Å². The van der Waals surface area contributed by atoms with E-state index in [1.165, 1.54) is 0 Å². The van der Waals surface area contributed by atoms with Crippen molar-refractivity contribution in [1.82, 2.24) is 0 Å². The molecule has 0 saturated carbocycles. The molecule has 2 rings (SSSR count). The van der Waals surface area contributed by atoms with Crippen LogP contribution in [-0.2, 0) is 17.6 Å². The Kier molecular flexibility index (Phi) is 5.59. The Hall–Kier alpha value is -2.29. The van der Waals surface area contributed by atoms with Crippen LogP contribution in [0.4, 0.5) is 0 Å². The summed E-state index contributed by atoms with van der Waals surface area (Å²) in [6.07, 6.45) is 1.48. The molecule has 0 radical (unpaired) electrons. The first kappa shape index (κ1) is 16.1. The molecule has 0 amide bonds. The van der Waals surface area contributed by atoms with Gasteiger partial charge in [0.15, 0.2) is 0 Å². The molecule has 0 spiro atoms. The number of Topliss-reactive ketones (excluding diaryl/α,β-unsaturated/α-hetero) is 1. The Morgan fingerprint density at radius 3 is 1.45 bits per heavy atom. The molecule has 0 N–H and O–H groups in total. The second-order valence-corrected chi connectivity index (χ2v) is 5.41. The van der Waals surface area contributed by atoms with E-state index in [0.29, 0.717) is 0 Å². The number of ketones is 1. The molecule has 0 unspecified atom stereocenters. The molecule has 0 aliphatic heterocycles. The Bertz CT molecular complexity index is 550. The molecule has 0 aromatic heterocycles. The number of ether oxygens (including phenoxy) is 2. The lowest BCUT2D eigenvalue weighted by Gasteiger charge is -2.14. The molecule has 3 heteroatoms. The fourth-order valence-corrected chi connectivity index (χ4v) is 2.45. The summed E-state index contributed by atoms with van der Waals surface area (Å²) in [5.41, 5.74) is 2.30. The van der Waals surface area contributed by atoms with Crippen molar-refractivity contribution >= 4 is 5.78 Å². The molecule has 0 aliphatic carbocycles. The maximum atomic E-state index is 11.9. The minimum atomic E-state index is -0.0122. The zero-order chi connectivity index (χ0) is 15.9. The quantitative estimate of drug-likeness (QED) is 0.782. The van der Waals surface area contributed by atoms with E-state index in [1.807, 2.05) is 48.5 Å². The molecular formula is C19H22O3. The Morgan fingerprint density at radius 2 is 1.18 bits per heavy atom. The highest BCUT2D eigenvalue weighted by Crippen LogP contribution is 2.20. The predicted octanol–water partition coefficient (Wildman–Crippen LogP) is 3.69. The largest absolute Gasteiger partial charge is 0.497 e.